The third-order valence-electron chi connectivity index (χ3n) is 2.94. The van der Waals surface area contributed by atoms with Crippen molar-refractivity contribution in [3.63, 3.8) is 0 Å². The summed E-state index contributed by atoms with van der Waals surface area (Å²) in [7, 11) is 0. The van der Waals surface area contributed by atoms with Crippen molar-refractivity contribution >= 4 is 34.0 Å². The molecule has 0 fully saturated rings. The lowest BCUT2D eigenvalue weighted by molar-refractivity contribution is -0.118. The van der Waals surface area contributed by atoms with Crippen molar-refractivity contribution in [2.24, 2.45) is 0 Å². The lowest BCUT2D eigenvalue weighted by Crippen LogP contribution is -2.20. The van der Waals surface area contributed by atoms with Gasteiger partial charge in [0, 0.05) is 11.6 Å². The molecule has 0 spiro atoms. The fraction of sp³-hybridized carbons (Fsp3) is 0.0625. The number of benzene rings is 2. The van der Waals surface area contributed by atoms with E-state index >= 15 is 0 Å². The lowest BCUT2D eigenvalue weighted by atomic mass is 10.2. The maximum atomic E-state index is 13.0. The maximum absolute atomic E-state index is 13.0. The topological polar surface area (TPSA) is 64.1 Å². The Hall–Kier alpha value is -2.51. The molecular weight excluding hydrogens is 353 g/mol. The zero-order valence-corrected chi connectivity index (χ0v) is 13.8. The predicted molar refractivity (Wildman–Crippen MR) is 90.9 cm³/mol. The number of rotatable bonds is 5. The van der Waals surface area contributed by atoms with Crippen molar-refractivity contribution in [1.29, 1.82) is 0 Å². The number of nitrogens with zero attached hydrogens (tertiary/aromatic N) is 2. The van der Waals surface area contributed by atoms with Crippen LogP contribution in [0.5, 0.6) is 5.75 Å². The Morgan fingerprint density at radius 1 is 1.21 bits per heavy atom. The molecule has 1 heterocycles. The molecule has 1 N–H and O–H groups in total. The largest absolute Gasteiger partial charge is 0.484 e. The van der Waals surface area contributed by atoms with Crippen LogP contribution in [0.2, 0.25) is 5.02 Å². The van der Waals surface area contributed by atoms with Crippen molar-refractivity contribution < 1.29 is 13.9 Å². The number of carbonyl (C=O) groups is 1. The summed E-state index contributed by atoms with van der Waals surface area (Å²) < 4.78 is 18.2. The van der Waals surface area contributed by atoms with Gasteiger partial charge in [-0.15, -0.1) is 10.2 Å². The smallest absolute Gasteiger partial charge is 0.264 e. The average Bonchev–Trinajstić information content (AvgIpc) is 3.02. The Kier molecular flexibility index (Phi) is 5.02. The van der Waals surface area contributed by atoms with Crippen LogP contribution in [0.4, 0.5) is 9.52 Å². The molecule has 0 aliphatic rings. The Bertz CT molecular complexity index is 872. The Morgan fingerprint density at radius 2 is 2.04 bits per heavy atom. The maximum Gasteiger partial charge on any atom is 0.264 e. The van der Waals surface area contributed by atoms with E-state index < -0.39 is 11.7 Å². The van der Waals surface area contributed by atoms with Gasteiger partial charge in [-0.05, 0) is 18.2 Å². The monoisotopic (exact) mass is 363 g/mol. The normalized spacial score (nSPS) is 10.4. The Balaban J connectivity index is 1.60. The van der Waals surface area contributed by atoms with Gasteiger partial charge in [0.05, 0.1) is 5.02 Å². The summed E-state index contributed by atoms with van der Waals surface area (Å²) in [5, 5.41) is 12.0. The van der Waals surface area contributed by atoms with Gasteiger partial charge in [0.15, 0.2) is 11.6 Å². The summed E-state index contributed by atoms with van der Waals surface area (Å²) in [6.07, 6.45) is 0. The molecule has 8 heteroatoms. The molecule has 0 radical (unpaired) electrons. The minimum absolute atomic E-state index is 0.259. The molecule has 0 atom stereocenters. The molecule has 3 aromatic rings. The predicted octanol–water partition coefficient (Wildman–Crippen LogP) is 4.02. The van der Waals surface area contributed by atoms with Gasteiger partial charge in [-0.1, -0.05) is 47.2 Å². The van der Waals surface area contributed by atoms with Crippen LogP contribution < -0.4 is 10.1 Å². The number of carbonyl (C=O) groups excluding carboxylic acids is 1. The summed E-state index contributed by atoms with van der Waals surface area (Å²) >= 11 is 7.30. The molecule has 0 aliphatic heterocycles. The van der Waals surface area contributed by atoms with Crippen molar-refractivity contribution in [2.75, 3.05) is 11.9 Å². The van der Waals surface area contributed by atoms with Crippen LogP contribution in [0.15, 0.2) is 48.5 Å². The van der Waals surface area contributed by atoms with Crippen LogP contribution >= 0.6 is 22.9 Å². The quantitative estimate of drug-likeness (QED) is 0.743. The van der Waals surface area contributed by atoms with E-state index in [0.29, 0.717) is 15.2 Å². The number of nitrogens with one attached hydrogen (secondary N) is 1. The second-order valence-corrected chi connectivity index (χ2v) is 6.07. The summed E-state index contributed by atoms with van der Waals surface area (Å²) in [5.41, 5.74) is 0.744. The van der Waals surface area contributed by atoms with Crippen LogP contribution in [0.3, 0.4) is 0 Å². The van der Waals surface area contributed by atoms with Crippen molar-refractivity contribution in [1.82, 2.24) is 10.2 Å². The number of ether oxygens (including phenoxy) is 1. The third kappa shape index (κ3) is 4.06. The minimum Gasteiger partial charge on any atom is -0.484 e. The van der Waals surface area contributed by atoms with Gasteiger partial charge in [-0.3, -0.25) is 10.1 Å². The van der Waals surface area contributed by atoms with Crippen LogP contribution in [0.25, 0.3) is 10.6 Å². The van der Waals surface area contributed by atoms with Crippen LogP contribution in [0.1, 0.15) is 0 Å². The zero-order chi connectivity index (χ0) is 16.9. The molecule has 0 unspecified atom stereocenters. The van der Waals surface area contributed by atoms with Crippen molar-refractivity contribution in [3.05, 3.63) is 59.4 Å². The standard InChI is InChI=1S/C16H11ClFN3O2S/c17-13-7-2-1-6-12(13)15-20-21-16(24-15)19-14(22)9-23-11-5-3-4-10(18)8-11/h1-8H,9H2,(H,19,21,22). The SMILES string of the molecule is O=C(COc1cccc(F)c1)Nc1nnc(-c2ccccc2Cl)s1. The number of anilines is 1. The highest BCUT2D eigenvalue weighted by molar-refractivity contribution is 7.18. The van der Waals surface area contributed by atoms with Crippen LogP contribution in [0, 0.1) is 5.82 Å². The number of amides is 1. The Labute approximate surface area is 146 Å². The lowest BCUT2D eigenvalue weighted by Gasteiger charge is -2.05. The minimum atomic E-state index is -0.429. The van der Waals surface area contributed by atoms with E-state index in [9.17, 15) is 9.18 Å². The van der Waals surface area contributed by atoms with E-state index in [2.05, 4.69) is 15.5 Å². The van der Waals surface area contributed by atoms with Gasteiger partial charge < -0.3 is 4.74 Å². The molecular formula is C16H11ClFN3O2S. The van der Waals surface area contributed by atoms with Gasteiger partial charge >= 0.3 is 0 Å². The second kappa shape index (κ2) is 7.37. The summed E-state index contributed by atoms with van der Waals surface area (Å²) in [6, 6.07) is 12.8. The van der Waals surface area contributed by atoms with Gasteiger partial charge in [0.25, 0.3) is 5.91 Å². The molecule has 2 aromatic carbocycles. The molecule has 0 aliphatic carbocycles. The van der Waals surface area contributed by atoms with Gasteiger partial charge in [0.2, 0.25) is 5.13 Å². The van der Waals surface area contributed by atoms with E-state index in [1.165, 1.54) is 29.5 Å². The highest BCUT2D eigenvalue weighted by atomic mass is 35.5. The highest BCUT2D eigenvalue weighted by Gasteiger charge is 2.12. The summed E-state index contributed by atoms with van der Waals surface area (Å²) in [5.74, 6) is -0.568. The molecule has 1 amide bonds. The molecule has 0 bridgehead atoms. The van der Waals surface area contributed by atoms with Gasteiger partial charge in [-0.2, -0.15) is 0 Å². The fourth-order valence-corrected chi connectivity index (χ4v) is 2.96. The number of aromatic nitrogens is 2. The first-order chi connectivity index (χ1) is 11.6. The molecule has 122 valence electrons. The van der Waals surface area contributed by atoms with Gasteiger partial charge in [-0.25, -0.2) is 4.39 Å². The van der Waals surface area contributed by atoms with Gasteiger partial charge in [0.1, 0.15) is 11.6 Å². The molecule has 5 nitrogen and oxygen atoms in total. The second-order valence-electron chi connectivity index (χ2n) is 4.69. The number of hydrogen-bond acceptors (Lipinski definition) is 5. The van der Waals surface area contributed by atoms with E-state index in [1.54, 1.807) is 12.1 Å². The van der Waals surface area contributed by atoms with E-state index in [4.69, 9.17) is 16.3 Å². The fourth-order valence-electron chi connectivity index (χ4n) is 1.88. The third-order valence-corrected chi connectivity index (χ3v) is 4.14. The molecule has 24 heavy (non-hydrogen) atoms. The summed E-state index contributed by atoms with van der Waals surface area (Å²) in [4.78, 5) is 11.9. The van der Waals surface area contributed by atoms with Crippen molar-refractivity contribution in [3.8, 4) is 16.3 Å². The van der Waals surface area contributed by atoms with E-state index in [0.717, 1.165) is 5.56 Å². The average molecular weight is 364 g/mol. The summed E-state index contributed by atoms with van der Waals surface area (Å²) in [6.45, 7) is -0.259. The molecule has 1 aromatic heterocycles. The highest BCUT2D eigenvalue weighted by Crippen LogP contribution is 2.31. The molecule has 3 rings (SSSR count). The number of hydrogen-bond donors (Lipinski definition) is 1. The molecule has 0 saturated heterocycles. The molecule has 0 saturated carbocycles. The number of halogens is 2. The first-order valence-corrected chi connectivity index (χ1v) is 8.08. The van der Waals surface area contributed by atoms with Crippen molar-refractivity contribution in [2.45, 2.75) is 0 Å². The van der Waals surface area contributed by atoms with E-state index in [1.807, 2.05) is 18.2 Å². The zero-order valence-electron chi connectivity index (χ0n) is 12.2. The first kappa shape index (κ1) is 16.4. The Morgan fingerprint density at radius 3 is 2.83 bits per heavy atom. The van der Waals surface area contributed by atoms with Crippen LogP contribution in [-0.2, 0) is 4.79 Å². The van der Waals surface area contributed by atoms with Crippen LogP contribution in [-0.4, -0.2) is 22.7 Å². The first-order valence-electron chi connectivity index (χ1n) is 6.88. The van der Waals surface area contributed by atoms with E-state index in [-0.39, 0.29) is 12.4 Å².